The third kappa shape index (κ3) is 4.91. The lowest BCUT2D eigenvalue weighted by molar-refractivity contribution is -0.151. The minimum absolute atomic E-state index is 0.310. The zero-order valence-corrected chi connectivity index (χ0v) is 17.7. The molecular formula is C23H25N3O5. The summed E-state index contributed by atoms with van der Waals surface area (Å²) in [4.78, 5) is 50.1. The van der Waals surface area contributed by atoms with Crippen LogP contribution in [-0.4, -0.2) is 41.9 Å². The predicted molar refractivity (Wildman–Crippen MR) is 113 cm³/mol. The van der Waals surface area contributed by atoms with E-state index in [2.05, 4.69) is 10.6 Å². The Morgan fingerprint density at radius 3 is 2.42 bits per heavy atom. The number of esters is 1. The average Bonchev–Trinajstić information content (AvgIpc) is 2.96. The normalized spacial score (nSPS) is 18.0. The first-order valence-corrected chi connectivity index (χ1v) is 9.89. The second-order valence-electron chi connectivity index (χ2n) is 7.68. The third-order valence-corrected chi connectivity index (χ3v) is 5.29. The Labute approximate surface area is 180 Å². The lowest BCUT2D eigenvalue weighted by atomic mass is 9.91. The number of hydrogen-bond donors (Lipinski definition) is 2. The molecule has 1 saturated heterocycles. The van der Waals surface area contributed by atoms with Crippen LogP contribution in [0.1, 0.15) is 29.2 Å². The van der Waals surface area contributed by atoms with E-state index in [1.54, 1.807) is 19.1 Å². The van der Waals surface area contributed by atoms with Gasteiger partial charge in [0.05, 0.1) is 0 Å². The third-order valence-electron chi connectivity index (χ3n) is 5.29. The lowest BCUT2D eigenvalue weighted by Crippen LogP contribution is -2.42. The molecule has 1 aliphatic rings. The van der Waals surface area contributed by atoms with Crippen molar-refractivity contribution in [3.05, 3.63) is 70.8 Å². The van der Waals surface area contributed by atoms with Gasteiger partial charge in [-0.1, -0.05) is 54.1 Å². The molecule has 1 aliphatic heterocycles. The molecule has 0 bridgehead atoms. The van der Waals surface area contributed by atoms with E-state index in [1.807, 2.05) is 50.2 Å². The van der Waals surface area contributed by atoms with Crippen LogP contribution in [0, 0.1) is 13.8 Å². The summed E-state index contributed by atoms with van der Waals surface area (Å²) in [5.41, 5.74) is 2.36. The maximum atomic E-state index is 12.8. The molecule has 1 atom stereocenters. The van der Waals surface area contributed by atoms with Crippen molar-refractivity contribution in [2.24, 2.45) is 0 Å². The van der Waals surface area contributed by atoms with Crippen LogP contribution in [0.2, 0.25) is 0 Å². The molecule has 3 rings (SSSR count). The van der Waals surface area contributed by atoms with Gasteiger partial charge in [0, 0.05) is 6.54 Å². The van der Waals surface area contributed by atoms with E-state index >= 15 is 0 Å². The number of urea groups is 1. The topological polar surface area (TPSA) is 105 Å². The summed E-state index contributed by atoms with van der Waals surface area (Å²) in [6.07, 6.45) is 0. The van der Waals surface area contributed by atoms with E-state index < -0.39 is 42.5 Å². The summed E-state index contributed by atoms with van der Waals surface area (Å²) in [6, 6.07) is 14.1. The van der Waals surface area contributed by atoms with Crippen molar-refractivity contribution in [2.75, 3.05) is 13.2 Å². The van der Waals surface area contributed by atoms with Crippen LogP contribution in [0.25, 0.3) is 0 Å². The molecule has 0 unspecified atom stereocenters. The Morgan fingerprint density at radius 1 is 1.06 bits per heavy atom. The average molecular weight is 423 g/mol. The first kappa shape index (κ1) is 22.0. The van der Waals surface area contributed by atoms with Crippen molar-refractivity contribution in [2.45, 2.75) is 32.9 Å². The Morgan fingerprint density at radius 2 is 1.74 bits per heavy atom. The zero-order chi connectivity index (χ0) is 22.6. The molecule has 8 nitrogen and oxygen atoms in total. The van der Waals surface area contributed by atoms with Crippen LogP contribution in [-0.2, 0) is 31.2 Å². The van der Waals surface area contributed by atoms with Crippen LogP contribution in [0.15, 0.2) is 48.5 Å². The minimum Gasteiger partial charge on any atom is -0.454 e. The van der Waals surface area contributed by atoms with Crippen LogP contribution in [0.4, 0.5) is 4.79 Å². The maximum absolute atomic E-state index is 12.8. The summed E-state index contributed by atoms with van der Waals surface area (Å²) in [7, 11) is 0. The fourth-order valence-electron chi connectivity index (χ4n) is 3.30. The molecule has 0 aromatic heterocycles. The van der Waals surface area contributed by atoms with Crippen molar-refractivity contribution in [1.82, 2.24) is 15.5 Å². The number of imide groups is 1. The molecule has 31 heavy (non-hydrogen) atoms. The van der Waals surface area contributed by atoms with Gasteiger partial charge >= 0.3 is 12.0 Å². The molecule has 1 fully saturated rings. The van der Waals surface area contributed by atoms with Gasteiger partial charge in [-0.2, -0.15) is 0 Å². The van der Waals surface area contributed by atoms with Crippen LogP contribution >= 0.6 is 0 Å². The van der Waals surface area contributed by atoms with Gasteiger partial charge < -0.3 is 15.4 Å². The SMILES string of the molecule is Cc1ccc([C@]2(C)NC(=O)N(CC(=O)OCC(=O)NCc3ccccc3C)C2=O)cc1. The van der Waals surface area contributed by atoms with E-state index in [0.717, 1.165) is 21.6 Å². The molecule has 1 heterocycles. The van der Waals surface area contributed by atoms with E-state index in [1.165, 1.54) is 0 Å². The van der Waals surface area contributed by atoms with Crippen molar-refractivity contribution in [3.63, 3.8) is 0 Å². The Bertz CT molecular complexity index is 1020. The number of aryl methyl sites for hydroxylation is 2. The summed E-state index contributed by atoms with van der Waals surface area (Å²) in [6.45, 7) is 4.68. The predicted octanol–water partition coefficient (Wildman–Crippen LogP) is 1.93. The minimum atomic E-state index is -1.27. The molecular weight excluding hydrogens is 398 g/mol. The number of benzene rings is 2. The molecule has 8 heteroatoms. The second-order valence-corrected chi connectivity index (χ2v) is 7.68. The molecule has 0 aliphatic carbocycles. The number of carbonyl (C=O) groups is 4. The highest BCUT2D eigenvalue weighted by Gasteiger charge is 2.49. The van der Waals surface area contributed by atoms with E-state index in [-0.39, 0.29) is 0 Å². The van der Waals surface area contributed by atoms with Crippen molar-refractivity contribution >= 4 is 23.8 Å². The molecule has 4 amide bonds. The lowest BCUT2D eigenvalue weighted by Gasteiger charge is -2.22. The van der Waals surface area contributed by atoms with Crippen LogP contribution < -0.4 is 10.6 Å². The summed E-state index contributed by atoms with van der Waals surface area (Å²) in [5, 5.41) is 5.30. The zero-order valence-electron chi connectivity index (χ0n) is 17.7. The molecule has 2 N–H and O–H groups in total. The fraction of sp³-hybridized carbons (Fsp3) is 0.304. The Hall–Kier alpha value is -3.68. The van der Waals surface area contributed by atoms with Gasteiger partial charge in [-0.3, -0.25) is 19.3 Å². The maximum Gasteiger partial charge on any atom is 0.326 e. The molecule has 0 radical (unpaired) electrons. The Balaban J connectivity index is 1.52. The summed E-state index contributed by atoms with van der Waals surface area (Å²) in [5.74, 6) is -1.87. The number of nitrogens with zero attached hydrogens (tertiary/aromatic N) is 1. The number of carbonyl (C=O) groups excluding carboxylic acids is 4. The van der Waals surface area contributed by atoms with Gasteiger partial charge in [0.15, 0.2) is 6.61 Å². The van der Waals surface area contributed by atoms with Crippen molar-refractivity contribution in [1.29, 1.82) is 0 Å². The van der Waals surface area contributed by atoms with Crippen molar-refractivity contribution in [3.8, 4) is 0 Å². The fourth-order valence-corrected chi connectivity index (χ4v) is 3.30. The van der Waals surface area contributed by atoms with E-state index in [4.69, 9.17) is 4.74 Å². The highest BCUT2D eigenvalue weighted by molar-refractivity contribution is 6.08. The molecule has 0 saturated carbocycles. The first-order valence-electron chi connectivity index (χ1n) is 9.89. The van der Waals surface area contributed by atoms with Crippen LogP contribution in [0.5, 0.6) is 0 Å². The summed E-state index contributed by atoms with van der Waals surface area (Å²) >= 11 is 0. The number of rotatable bonds is 7. The summed E-state index contributed by atoms with van der Waals surface area (Å²) < 4.78 is 4.95. The Kier molecular flexibility index (Phi) is 6.39. The van der Waals surface area contributed by atoms with Gasteiger partial charge in [-0.25, -0.2) is 4.79 Å². The highest BCUT2D eigenvalue weighted by Crippen LogP contribution is 2.28. The quantitative estimate of drug-likeness (QED) is 0.523. The van der Waals surface area contributed by atoms with Gasteiger partial charge in [0.2, 0.25) is 0 Å². The molecule has 162 valence electrons. The van der Waals surface area contributed by atoms with Gasteiger partial charge in [-0.05, 0) is 37.5 Å². The smallest absolute Gasteiger partial charge is 0.326 e. The molecule has 2 aromatic carbocycles. The number of amides is 4. The first-order chi connectivity index (χ1) is 14.7. The molecule has 2 aromatic rings. The highest BCUT2D eigenvalue weighted by atomic mass is 16.5. The number of hydrogen-bond acceptors (Lipinski definition) is 5. The number of ether oxygens (including phenoxy) is 1. The van der Waals surface area contributed by atoms with E-state index in [9.17, 15) is 19.2 Å². The van der Waals surface area contributed by atoms with Gasteiger partial charge in [0.1, 0.15) is 12.1 Å². The van der Waals surface area contributed by atoms with Gasteiger partial charge in [0.25, 0.3) is 11.8 Å². The number of nitrogens with one attached hydrogen (secondary N) is 2. The van der Waals surface area contributed by atoms with Gasteiger partial charge in [-0.15, -0.1) is 0 Å². The van der Waals surface area contributed by atoms with E-state index in [0.29, 0.717) is 12.1 Å². The second kappa shape index (κ2) is 8.99. The standard InChI is InChI=1S/C23H25N3O5/c1-15-8-10-18(11-9-15)23(3)21(29)26(22(30)25-23)13-20(28)31-14-19(27)24-12-17-7-5-4-6-16(17)2/h4-11H,12-14H2,1-3H3,(H,24,27)(H,25,30)/t23-/m0/s1. The monoisotopic (exact) mass is 423 g/mol. The largest absolute Gasteiger partial charge is 0.454 e. The van der Waals surface area contributed by atoms with Crippen molar-refractivity contribution < 1.29 is 23.9 Å². The van der Waals surface area contributed by atoms with Crippen LogP contribution in [0.3, 0.4) is 0 Å². The molecule has 0 spiro atoms.